The van der Waals surface area contributed by atoms with Crippen molar-refractivity contribution in [2.45, 2.75) is 52.0 Å². The molecule has 1 amide bonds. The molecule has 1 unspecified atom stereocenters. The Balaban J connectivity index is 2.44. The van der Waals surface area contributed by atoms with Crippen molar-refractivity contribution in [1.82, 2.24) is 10.2 Å². The van der Waals surface area contributed by atoms with Crippen molar-refractivity contribution in [3.63, 3.8) is 0 Å². The highest BCUT2D eigenvalue weighted by molar-refractivity contribution is 5.76. The third-order valence-electron chi connectivity index (χ3n) is 3.46. The molecule has 1 fully saturated rings. The molecule has 3 heteroatoms. The fourth-order valence-corrected chi connectivity index (χ4v) is 2.52. The van der Waals surface area contributed by atoms with E-state index in [4.69, 9.17) is 0 Å². The fraction of sp³-hybridized carbons (Fsp3) is 0.923. The van der Waals surface area contributed by atoms with Crippen LogP contribution in [-0.4, -0.2) is 37.0 Å². The summed E-state index contributed by atoms with van der Waals surface area (Å²) >= 11 is 0. The molecule has 0 aromatic heterocycles. The molecular formula is C13H26N2O. The van der Waals surface area contributed by atoms with Gasteiger partial charge in [-0.3, -0.25) is 4.79 Å². The number of carbonyl (C=O) groups is 1. The zero-order chi connectivity index (χ0) is 12.0. The zero-order valence-electron chi connectivity index (χ0n) is 11.0. The molecule has 0 aromatic rings. The summed E-state index contributed by atoms with van der Waals surface area (Å²) in [6.07, 6.45) is 5.31. The van der Waals surface area contributed by atoms with E-state index < -0.39 is 0 Å². The summed E-state index contributed by atoms with van der Waals surface area (Å²) in [5.74, 6) is 0.946. The quantitative estimate of drug-likeness (QED) is 0.727. The molecule has 1 aliphatic heterocycles. The topological polar surface area (TPSA) is 32.3 Å². The second-order valence-electron chi connectivity index (χ2n) is 5.10. The zero-order valence-corrected chi connectivity index (χ0v) is 11.0. The van der Waals surface area contributed by atoms with Gasteiger partial charge in [-0.25, -0.2) is 0 Å². The van der Waals surface area contributed by atoms with Crippen molar-refractivity contribution in [2.75, 3.05) is 20.1 Å². The van der Waals surface area contributed by atoms with Gasteiger partial charge in [-0.1, -0.05) is 13.8 Å². The van der Waals surface area contributed by atoms with Crippen LogP contribution in [0.4, 0.5) is 0 Å². The first-order valence-electron chi connectivity index (χ1n) is 6.61. The molecule has 0 aliphatic carbocycles. The molecular weight excluding hydrogens is 200 g/mol. The molecule has 16 heavy (non-hydrogen) atoms. The van der Waals surface area contributed by atoms with Gasteiger partial charge in [-0.05, 0) is 45.2 Å². The van der Waals surface area contributed by atoms with Gasteiger partial charge in [0.15, 0.2) is 0 Å². The minimum Gasteiger partial charge on any atom is -0.339 e. The van der Waals surface area contributed by atoms with Gasteiger partial charge in [0, 0.05) is 19.0 Å². The van der Waals surface area contributed by atoms with Crippen molar-refractivity contribution in [2.24, 2.45) is 5.92 Å². The molecule has 1 aliphatic rings. The lowest BCUT2D eigenvalue weighted by atomic mass is 9.92. The van der Waals surface area contributed by atoms with Gasteiger partial charge in [0.05, 0.1) is 0 Å². The highest BCUT2D eigenvalue weighted by Crippen LogP contribution is 2.23. The standard InChI is InChI=1S/C13H26N2O/c1-11(2)12-7-4-5-10-15(12)13(16)8-6-9-14-3/h11-12,14H,4-10H2,1-3H3. The van der Waals surface area contributed by atoms with Crippen molar-refractivity contribution in [3.05, 3.63) is 0 Å². The van der Waals surface area contributed by atoms with Crippen LogP contribution in [0.5, 0.6) is 0 Å². The average molecular weight is 226 g/mol. The van der Waals surface area contributed by atoms with E-state index in [0.717, 1.165) is 19.5 Å². The Labute approximate surface area is 99.6 Å². The Hall–Kier alpha value is -0.570. The number of nitrogens with zero attached hydrogens (tertiary/aromatic N) is 1. The molecule has 1 saturated heterocycles. The summed E-state index contributed by atoms with van der Waals surface area (Å²) in [6, 6.07) is 0.482. The Morgan fingerprint density at radius 2 is 2.19 bits per heavy atom. The third-order valence-corrected chi connectivity index (χ3v) is 3.46. The third kappa shape index (κ3) is 3.78. The van der Waals surface area contributed by atoms with Crippen LogP contribution in [0.2, 0.25) is 0 Å². The van der Waals surface area contributed by atoms with E-state index in [0.29, 0.717) is 24.3 Å². The predicted molar refractivity (Wildman–Crippen MR) is 67.4 cm³/mol. The maximum atomic E-state index is 12.1. The minimum atomic E-state index is 0.355. The second kappa shape index (κ2) is 6.89. The Kier molecular flexibility index (Phi) is 5.81. The molecule has 1 atom stereocenters. The molecule has 1 rings (SSSR count). The van der Waals surface area contributed by atoms with Crippen LogP contribution in [0.25, 0.3) is 0 Å². The number of nitrogens with one attached hydrogen (secondary N) is 1. The maximum Gasteiger partial charge on any atom is 0.222 e. The molecule has 0 saturated carbocycles. The highest BCUT2D eigenvalue weighted by Gasteiger charge is 2.28. The smallest absolute Gasteiger partial charge is 0.222 e. The molecule has 0 radical (unpaired) electrons. The molecule has 3 nitrogen and oxygen atoms in total. The van der Waals surface area contributed by atoms with Crippen LogP contribution in [0.1, 0.15) is 46.0 Å². The molecule has 0 spiro atoms. The summed E-state index contributed by atoms with van der Waals surface area (Å²) in [5, 5.41) is 3.09. The first-order valence-corrected chi connectivity index (χ1v) is 6.61. The lowest BCUT2D eigenvalue weighted by Gasteiger charge is -2.38. The van der Waals surface area contributed by atoms with Crippen molar-refractivity contribution in [1.29, 1.82) is 0 Å². The summed E-state index contributed by atoms with van der Waals surface area (Å²) in [5.41, 5.74) is 0. The summed E-state index contributed by atoms with van der Waals surface area (Å²) in [6.45, 7) is 6.36. The van der Waals surface area contributed by atoms with E-state index >= 15 is 0 Å². The Morgan fingerprint density at radius 3 is 2.81 bits per heavy atom. The lowest BCUT2D eigenvalue weighted by Crippen LogP contribution is -2.46. The number of hydrogen-bond donors (Lipinski definition) is 1. The van der Waals surface area contributed by atoms with Crippen molar-refractivity contribution < 1.29 is 4.79 Å². The number of rotatable bonds is 5. The lowest BCUT2D eigenvalue weighted by molar-refractivity contribution is -0.136. The van der Waals surface area contributed by atoms with E-state index in [1.165, 1.54) is 19.3 Å². The molecule has 94 valence electrons. The van der Waals surface area contributed by atoms with Gasteiger partial charge in [0.2, 0.25) is 5.91 Å². The van der Waals surface area contributed by atoms with Gasteiger partial charge in [-0.15, -0.1) is 0 Å². The number of hydrogen-bond acceptors (Lipinski definition) is 2. The molecule has 0 aromatic carbocycles. The Bertz CT molecular complexity index is 216. The van der Waals surface area contributed by atoms with Gasteiger partial charge in [-0.2, -0.15) is 0 Å². The van der Waals surface area contributed by atoms with Gasteiger partial charge < -0.3 is 10.2 Å². The van der Waals surface area contributed by atoms with E-state index in [9.17, 15) is 4.79 Å². The minimum absolute atomic E-state index is 0.355. The van der Waals surface area contributed by atoms with Crippen LogP contribution in [0, 0.1) is 5.92 Å². The van der Waals surface area contributed by atoms with Crippen LogP contribution in [-0.2, 0) is 4.79 Å². The molecule has 0 bridgehead atoms. The average Bonchev–Trinajstić information content (AvgIpc) is 2.29. The maximum absolute atomic E-state index is 12.1. The first kappa shape index (κ1) is 13.5. The van der Waals surface area contributed by atoms with Crippen LogP contribution >= 0.6 is 0 Å². The largest absolute Gasteiger partial charge is 0.339 e. The van der Waals surface area contributed by atoms with Crippen LogP contribution in [0.3, 0.4) is 0 Å². The van der Waals surface area contributed by atoms with E-state index in [2.05, 4.69) is 24.1 Å². The van der Waals surface area contributed by atoms with E-state index in [-0.39, 0.29) is 0 Å². The number of likely N-dealkylation sites (tertiary alicyclic amines) is 1. The van der Waals surface area contributed by atoms with Gasteiger partial charge in [0.25, 0.3) is 0 Å². The first-order chi connectivity index (χ1) is 7.66. The molecule has 1 N–H and O–H groups in total. The van der Waals surface area contributed by atoms with Crippen LogP contribution in [0.15, 0.2) is 0 Å². The van der Waals surface area contributed by atoms with Crippen LogP contribution < -0.4 is 5.32 Å². The van der Waals surface area contributed by atoms with E-state index in [1.807, 2.05) is 7.05 Å². The number of carbonyl (C=O) groups excluding carboxylic acids is 1. The second-order valence-corrected chi connectivity index (χ2v) is 5.10. The van der Waals surface area contributed by atoms with Gasteiger partial charge in [0.1, 0.15) is 0 Å². The van der Waals surface area contributed by atoms with Crippen molar-refractivity contribution >= 4 is 5.91 Å². The van der Waals surface area contributed by atoms with E-state index in [1.54, 1.807) is 0 Å². The normalized spacial score (nSPS) is 21.5. The predicted octanol–water partition coefficient (Wildman–Crippen LogP) is 2.02. The highest BCUT2D eigenvalue weighted by atomic mass is 16.2. The van der Waals surface area contributed by atoms with Gasteiger partial charge >= 0.3 is 0 Å². The number of amides is 1. The SMILES string of the molecule is CNCCCC(=O)N1CCCCC1C(C)C. The molecule has 1 heterocycles. The summed E-state index contributed by atoms with van der Waals surface area (Å²) < 4.78 is 0. The number of piperidine rings is 1. The van der Waals surface area contributed by atoms with Crippen molar-refractivity contribution in [3.8, 4) is 0 Å². The Morgan fingerprint density at radius 1 is 1.44 bits per heavy atom. The summed E-state index contributed by atoms with van der Waals surface area (Å²) in [7, 11) is 1.93. The fourth-order valence-electron chi connectivity index (χ4n) is 2.52. The summed E-state index contributed by atoms with van der Waals surface area (Å²) in [4.78, 5) is 14.2. The monoisotopic (exact) mass is 226 g/mol.